The van der Waals surface area contributed by atoms with Gasteiger partial charge in [-0.3, -0.25) is 0 Å². The molecule has 0 amide bonds. The van der Waals surface area contributed by atoms with E-state index in [1.54, 1.807) is 25.1 Å². The second-order valence-corrected chi connectivity index (χ2v) is 6.41. The van der Waals surface area contributed by atoms with Crippen LogP contribution < -0.4 is 0 Å². The molecule has 4 heteroatoms. The first kappa shape index (κ1) is 13.7. The van der Waals surface area contributed by atoms with Crippen LogP contribution in [0.2, 0.25) is 0 Å². The van der Waals surface area contributed by atoms with E-state index in [-0.39, 0.29) is 6.42 Å². The summed E-state index contributed by atoms with van der Waals surface area (Å²) in [4.78, 5) is 0.322. The van der Waals surface area contributed by atoms with Gasteiger partial charge in [-0.15, -0.1) is 0 Å². The molecule has 0 aliphatic rings. The molecule has 1 unspecified atom stereocenters. The molecule has 0 N–H and O–H groups in total. The van der Waals surface area contributed by atoms with Crippen molar-refractivity contribution in [3.63, 3.8) is 0 Å². The van der Waals surface area contributed by atoms with Crippen LogP contribution in [0.25, 0.3) is 0 Å². The Labute approximate surface area is 103 Å². The van der Waals surface area contributed by atoms with E-state index in [1.807, 2.05) is 19.9 Å². The fraction of sp³-hybridized carbons (Fsp3) is 0.462. The Kier molecular flexibility index (Phi) is 4.30. The summed E-state index contributed by atoms with van der Waals surface area (Å²) >= 11 is 0. The third kappa shape index (κ3) is 2.86. The predicted octanol–water partition coefficient (Wildman–Crippen LogP) is 2.77. The zero-order chi connectivity index (χ0) is 13.1. The SMILES string of the molecule is CCC(CC#N)S(=O)(=O)c1ccc(C)c(C)c1. The average Bonchev–Trinajstić information content (AvgIpc) is 2.29. The average molecular weight is 251 g/mol. The van der Waals surface area contributed by atoms with Crippen LogP contribution in [0.15, 0.2) is 23.1 Å². The van der Waals surface area contributed by atoms with Crippen molar-refractivity contribution in [2.24, 2.45) is 0 Å². The van der Waals surface area contributed by atoms with Gasteiger partial charge in [0, 0.05) is 0 Å². The summed E-state index contributed by atoms with van der Waals surface area (Å²) in [5.74, 6) is 0. The number of rotatable bonds is 4. The molecule has 0 bridgehead atoms. The number of hydrogen-bond donors (Lipinski definition) is 0. The smallest absolute Gasteiger partial charge is 0.182 e. The Hall–Kier alpha value is -1.34. The van der Waals surface area contributed by atoms with Crippen molar-refractivity contribution in [2.75, 3.05) is 0 Å². The highest BCUT2D eigenvalue weighted by Crippen LogP contribution is 2.22. The number of hydrogen-bond acceptors (Lipinski definition) is 3. The van der Waals surface area contributed by atoms with Gasteiger partial charge in [0.15, 0.2) is 9.84 Å². The largest absolute Gasteiger partial charge is 0.223 e. The second-order valence-electron chi connectivity index (χ2n) is 4.18. The molecule has 92 valence electrons. The Bertz CT molecular complexity index is 541. The molecular formula is C13H17NO2S. The van der Waals surface area contributed by atoms with E-state index in [9.17, 15) is 8.42 Å². The molecule has 0 fully saturated rings. The van der Waals surface area contributed by atoms with Crippen LogP contribution in [0, 0.1) is 25.2 Å². The number of aryl methyl sites for hydroxylation is 2. The summed E-state index contributed by atoms with van der Waals surface area (Å²) in [6, 6.07) is 7.06. The lowest BCUT2D eigenvalue weighted by molar-refractivity contribution is 0.576. The monoisotopic (exact) mass is 251 g/mol. The highest BCUT2D eigenvalue weighted by molar-refractivity contribution is 7.92. The van der Waals surface area contributed by atoms with Crippen molar-refractivity contribution in [3.8, 4) is 6.07 Å². The molecule has 1 rings (SSSR count). The maximum Gasteiger partial charge on any atom is 0.182 e. The predicted molar refractivity (Wildman–Crippen MR) is 67.4 cm³/mol. The normalized spacial score (nSPS) is 13.1. The zero-order valence-corrected chi connectivity index (χ0v) is 11.2. The van der Waals surface area contributed by atoms with Crippen molar-refractivity contribution in [2.45, 2.75) is 43.8 Å². The molecule has 1 atom stereocenters. The number of benzene rings is 1. The molecule has 0 radical (unpaired) electrons. The van der Waals surface area contributed by atoms with E-state index in [0.717, 1.165) is 11.1 Å². The van der Waals surface area contributed by atoms with Gasteiger partial charge in [0.1, 0.15) is 0 Å². The van der Waals surface area contributed by atoms with Crippen LogP contribution in [0.3, 0.4) is 0 Å². The molecule has 1 aromatic rings. The highest BCUT2D eigenvalue weighted by Gasteiger charge is 2.25. The van der Waals surface area contributed by atoms with E-state index >= 15 is 0 Å². The molecule has 0 saturated heterocycles. The Balaban J connectivity index is 3.21. The minimum Gasteiger partial charge on any atom is -0.223 e. The lowest BCUT2D eigenvalue weighted by Crippen LogP contribution is -2.20. The molecule has 3 nitrogen and oxygen atoms in total. The van der Waals surface area contributed by atoms with Gasteiger partial charge >= 0.3 is 0 Å². The Morgan fingerprint density at radius 2 is 1.94 bits per heavy atom. The molecule has 1 aromatic carbocycles. The number of sulfone groups is 1. The van der Waals surface area contributed by atoms with E-state index in [1.165, 1.54) is 0 Å². The van der Waals surface area contributed by atoms with Crippen LogP contribution in [0.1, 0.15) is 30.9 Å². The van der Waals surface area contributed by atoms with E-state index in [4.69, 9.17) is 5.26 Å². The van der Waals surface area contributed by atoms with Crippen molar-refractivity contribution in [1.82, 2.24) is 0 Å². The van der Waals surface area contributed by atoms with Crippen LogP contribution in [0.5, 0.6) is 0 Å². The number of nitriles is 1. The first-order valence-electron chi connectivity index (χ1n) is 5.61. The molecule has 0 heterocycles. The molecular weight excluding hydrogens is 234 g/mol. The van der Waals surface area contributed by atoms with E-state index < -0.39 is 15.1 Å². The zero-order valence-electron chi connectivity index (χ0n) is 10.4. The van der Waals surface area contributed by atoms with Gasteiger partial charge in [0.05, 0.1) is 22.6 Å². The van der Waals surface area contributed by atoms with Crippen LogP contribution >= 0.6 is 0 Å². The third-order valence-electron chi connectivity index (χ3n) is 3.02. The van der Waals surface area contributed by atoms with Crippen molar-refractivity contribution < 1.29 is 8.42 Å². The van der Waals surface area contributed by atoms with Crippen molar-refractivity contribution in [3.05, 3.63) is 29.3 Å². The minimum atomic E-state index is -3.38. The van der Waals surface area contributed by atoms with Gasteiger partial charge in [0.2, 0.25) is 0 Å². The maximum atomic E-state index is 12.3. The summed E-state index contributed by atoms with van der Waals surface area (Å²) in [5.41, 5.74) is 2.02. The quantitative estimate of drug-likeness (QED) is 0.826. The summed E-state index contributed by atoms with van der Waals surface area (Å²) in [6.07, 6.45) is 0.509. The molecule has 0 aliphatic heterocycles. The van der Waals surface area contributed by atoms with Gasteiger partial charge < -0.3 is 0 Å². The lowest BCUT2D eigenvalue weighted by atomic mass is 10.1. The van der Waals surface area contributed by atoms with Crippen LogP contribution in [-0.4, -0.2) is 13.7 Å². The summed E-state index contributed by atoms with van der Waals surface area (Å²) in [7, 11) is -3.38. The molecule has 0 aliphatic carbocycles. The van der Waals surface area contributed by atoms with Crippen molar-refractivity contribution in [1.29, 1.82) is 5.26 Å². The maximum absolute atomic E-state index is 12.3. The molecule has 0 aromatic heterocycles. The number of nitrogens with zero attached hydrogens (tertiary/aromatic N) is 1. The third-order valence-corrected chi connectivity index (χ3v) is 5.31. The summed E-state index contributed by atoms with van der Waals surface area (Å²) in [6.45, 7) is 5.62. The molecule has 0 saturated carbocycles. The minimum absolute atomic E-state index is 0.0474. The Morgan fingerprint density at radius 3 is 2.41 bits per heavy atom. The topological polar surface area (TPSA) is 57.9 Å². The first-order valence-corrected chi connectivity index (χ1v) is 7.16. The summed E-state index contributed by atoms with van der Waals surface area (Å²) < 4.78 is 24.5. The summed E-state index contributed by atoms with van der Waals surface area (Å²) in [5, 5.41) is 8.06. The lowest BCUT2D eigenvalue weighted by Gasteiger charge is -2.13. The van der Waals surface area contributed by atoms with Crippen LogP contribution in [0.4, 0.5) is 0 Å². The van der Waals surface area contributed by atoms with Gasteiger partial charge in [-0.05, 0) is 43.5 Å². The first-order chi connectivity index (χ1) is 7.93. The van der Waals surface area contributed by atoms with Gasteiger partial charge in [-0.25, -0.2) is 8.42 Å². The van der Waals surface area contributed by atoms with Gasteiger partial charge in [-0.1, -0.05) is 13.0 Å². The fourth-order valence-corrected chi connectivity index (χ4v) is 3.38. The van der Waals surface area contributed by atoms with Crippen LogP contribution in [-0.2, 0) is 9.84 Å². The van der Waals surface area contributed by atoms with E-state index in [2.05, 4.69) is 0 Å². The molecule has 0 spiro atoms. The van der Waals surface area contributed by atoms with Gasteiger partial charge in [-0.2, -0.15) is 5.26 Å². The standard InChI is InChI=1S/C13H17NO2S/c1-4-12(7-8-14)17(15,16)13-6-5-10(2)11(3)9-13/h5-6,9,12H,4,7H2,1-3H3. The molecule has 17 heavy (non-hydrogen) atoms. The van der Waals surface area contributed by atoms with Gasteiger partial charge in [0.25, 0.3) is 0 Å². The van der Waals surface area contributed by atoms with E-state index in [0.29, 0.717) is 11.3 Å². The van der Waals surface area contributed by atoms with Crippen molar-refractivity contribution >= 4 is 9.84 Å². The second kappa shape index (κ2) is 5.33. The highest BCUT2D eigenvalue weighted by atomic mass is 32.2. The Morgan fingerprint density at radius 1 is 1.29 bits per heavy atom. The fourth-order valence-electron chi connectivity index (χ4n) is 1.66.